The highest BCUT2D eigenvalue weighted by molar-refractivity contribution is 9.10. The average Bonchev–Trinajstić information content (AvgIpc) is 3.00. The van der Waals surface area contributed by atoms with Crippen LogP contribution in [-0.4, -0.2) is 10.2 Å². The number of benzene rings is 1. The maximum Gasteiger partial charge on any atom is 0.196 e. The van der Waals surface area contributed by atoms with Crippen LogP contribution in [0.25, 0.3) is 4.85 Å². The second-order valence-electron chi connectivity index (χ2n) is 6.12. The summed E-state index contributed by atoms with van der Waals surface area (Å²) in [6, 6.07) is 7.82. The van der Waals surface area contributed by atoms with Gasteiger partial charge in [0.2, 0.25) is 0 Å². The van der Waals surface area contributed by atoms with Gasteiger partial charge in [-0.15, -0.1) is 0 Å². The zero-order chi connectivity index (χ0) is 16.7. The fraction of sp³-hybridized carbons (Fsp3) is 0.278. The lowest BCUT2D eigenvalue weighted by Crippen LogP contribution is -2.26. The van der Waals surface area contributed by atoms with Gasteiger partial charge < -0.3 is 5.32 Å². The molecule has 1 unspecified atom stereocenters. The molecule has 2 aromatic rings. The maximum absolute atomic E-state index is 9.32. The molecular formula is C18H14BrN5. The molecule has 24 heavy (non-hydrogen) atoms. The molecule has 1 aromatic carbocycles. The van der Waals surface area contributed by atoms with Crippen molar-refractivity contribution in [2.75, 3.05) is 5.32 Å². The molecule has 0 spiro atoms. The summed E-state index contributed by atoms with van der Waals surface area (Å²) in [6.45, 7) is 7.78. The van der Waals surface area contributed by atoms with Crippen molar-refractivity contribution in [2.24, 2.45) is 5.92 Å². The van der Waals surface area contributed by atoms with Gasteiger partial charge in [0.25, 0.3) is 0 Å². The van der Waals surface area contributed by atoms with E-state index in [-0.39, 0.29) is 5.92 Å². The number of aromatic nitrogens is 2. The molecule has 1 aliphatic heterocycles. The third kappa shape index (κ3) is 2.15. The highest BCUT2D eigenvalue weighted by Gasteiger charge is 2.37. The first-order chi connectivity index (χ1) is 11.7. The van der Waals surface area contributed by atoms with Gasteiger partial charge in [-0.05, 0) is 46.3 Å². The zero-order valence-corrected chi connectivity index (χ0v) is 14.4. The number of nitrogens with one attached hydrogen (secondary N) is 2. The SMILES string of the molecule is [C-]#[N+]C1=C(C2CCC2)Nc2[nH]ncc2C1c1cccc(C#N)c1Br. The van der Waals surface area contributed by atoms with Crippen molar-refractivity contribution in [3.05, 3.63) is 68.4 Å². The summed E-state index contributed by atoms with van der Waals surface area (Å²) in [5.74, 6) is 1.05. The minimum atomic E-state index is -0.212. The van der Waals surface area contributed by atoms with E-state index in [2.05, 4.69) is 42.4 Å². The number of H-pyrrole nitrogens is 1. The van der Waals surface area contributed by atoms with Crippen molar-refractivity contribution in [3.8, 4) is 6.07 Å². The lowest BCUT2D eigenvalue weighted by molar-refractivity contribution is 0.366. The molecule has 0 saturated heterocycles. The molecule has 0 amide bonds. The number of halogens is 1. The van der Waals surface area contributed by atoms with E-state index in [0.29, 0.717) is 17.2 Å². The van der Waals surface area contributed by atoms with Crippen molar-refractivity contribution in [2.45, 2.75) is 25.2 Å². The third-order valence-electron chi connectivity index (χ3n) is 4.88. The molecule has 4 rings (SSSR count). The summed E-state index contributed by atoms with van der Waals surface area (Å²) in [4.78, 5) is 3.89. The van der Waals surface area contributed by atoms with E-state index in [1.807, 2.05) is 12.1 Å². The van der Waals surface area contributed by atoms with Gasteiger partial charge in [0.15, 0.2) is 5.70 Å². The Labute approximate surface area is 148 Å². The minimum absolute atomic E-state index is 0.212. The van der Waals surface area contributed by atoms with Crippen LogP contribution in [0.1, 0.15) is 41.9 Å². The maximum atomic E-state index is 9.32. The van der Waals surface area contributed by atoms with E-state index in [1.165, 1.54) is 6.42 Å². The topological polar surface area (TPSA) is 68.9 Å². The van der Waals surface area contributed by atoms with Crippen molar-refractivity contribution in [1.29, 1.82) is 5.26 Å². The Morgan fingerprint density at radius 2 is 2.17 bits per heavy atom. The molecule has 5 nitrogen and oxygen atoms in total. The van der Waals surface area contributed by atoms with Gasteiger partial charge in [0.1, 0.15) is 11.9 Å². The molecule has 2 N–H and O–H groups in total. The quantitative estimate of drug-likeness (QED) is 0.752. The zero-order valence-electron chi connectivity index (χ0n) is 12.8. The van der Waals surface area contributed by atoms with Gasteiger partial charge in [-0.3, -0.25) is 5.10 Å². The smallest absolute Gasteiger partial charge is 0.196 e. The van der Waals surface area contributed by atoms with E-state index in [1.54, 1.807) is 12.3 Å². The Balaban J connectivity index is 1.94. The van der Waals surface area contributed by atoms with E-state index in [4.69, 9.17) is 6.57 Å². The molecule has 2 heterocycles. The Morgan fingerprint density at radius 3 is 2.83 bits per heavy atom. The van der Waals surface area contributed by atoms with Gasteiger partial charge in [0, 0.05) is 15.7 Å². The Kier molecular flexibility index (Phi) is 3.63. The molecular weight excluding hydrogens is 366 g/mol. The van der Waals surface area contributed by atoms with Crippen molar-refractivity contribution in [3.63, 3.8) is 0 Å². The summed E-state index contributed by atoms with van der Waals surface area (Å²) in [6.07, 6.45) is 5.18. The van der Waals surface area contributed by atoms with Gasteiger partial charge in [-0.1, -0.05) is 18.6 Å². The number of hydrogen-bond acceptors (Lipinski definition) is 3. The fourth-order valence-electron chi connectivity index (χ4n) is 3.42. The second-order valence-corrected chi connectivity index (χ2v) is 6.91. The molecule has 0 radical (unpaired) electrons. The second kappa shape index (κ2) is 5.81. The number of fused-ring (bicyclic) bond motifs is 1. The summed E-state index contributed by atoms with van der Waals surface area (Å²) >= 11 is 3.56. The lowest BCUT2D eigenvalue weighted by Gasteiger charge is -2.35. The van der Waals surface area contributed by atoms with Crippen LogP contribution >= 0.6 is 15.9 Å². The normalized spacial score (nSPS) is 19.7. The molecule has 1 atom stereocenters. The molecule has 6 heteroatoms. The number of hydrogen-bond donors (Lipinski definition) is 2. The predicted octanol–water partition coefficient (Wildman–Crippen LogP) is 4.53. The molecule has 118 valence electrons. The van der Waals surface area contributed by atoms with E-state index < -0.39 is 0 Å². The monoisotopic (exact) mass is 379 g/mol. The van der Waals surface area contributed by atoms with E-state index >= 15 is 0 Å². The number of nitriles is 1. The Morgan fingerprint density at radius 1 is 1.33 bits per heavy atom. The molecule has 0 bridgehead atoms. The molecule has 1 aliphatic carbocycles. The van der Waals surface area contributed by atoms with Crippen molar-refractivity contribution >= 4 is 21.7 Å². The summed E-state index contributed by atoms with van der Waals surface area (Å²) in [5.41, 5.74) is 4.17. The first-order valence-corrected chi connectivity index (χ1v) is 8.64. The highest BCUT2D eigenvalue weighted by atomic mass is 79.9. The van der Waals surface area contributed by atoms with Crippen LogP contribution in [0.5, 0.6) is 0 Å². The number of rotatable bonds is 2. The number of aromatic amines is 1. The number of anilines is 1. The number of nitrogens with zero attached hydrogens (tertiary/aromatic N) is 3. The first kappa shape index (κ1) is 15.0. The van der Waals surface area contributed by atoms with Gasteiger partial charge in [-0.25, -0.2) is 4.85 Å². The predicted molar refractivity (Wildman–Crippen MR) is 93.9 cm³/mol. The van der Waals surface area contributed by atoms with Crippen LogP contribution in [0.2, 0.25) is 0 Å². The van der Waals surface area contributed by atoms with Gasteiger partial charge in [0.05, 0.1) is 24.3 Å². The van der Waals surface area contributed by atoms with Gasteiger partial charge >= 0.3 is 0 Å². The van der Waals surface area contributed by atoms with Crippen molar-refractivity contribution in [1.82, 2.24) is 10.2 Å². The summed E-state index contributed by atoms with van der Waals surface area (Å²) in [5, 5.41) is 19.9. The number of allylic oxidation sites excluding steroid dienone is 2. The van der Waals surface area contributed by atoms with Crippen LogP contribution in [-0.2, 0) is 0 Å². The first-order valence-electron chi connectivity index (χ1n) is 7.85. The van der Waals surface area contributed by atoms with Crippen molar-refractivity contribution < 1.29 is 0 Å². The highest BCUT2D eigenvalue weighted by Crippen LogP contribution is 2.48. The average molecular weight is 380 g/mol. The minimum Gasteiger partial charge on any atom is -0.354 e. The van der Waals surface area contributed by atoms with Crippen LogP contribution in [0.3, 0.4) is 0 Å². The largest absolute Gasteiger partial charge is 0.354 e. The Hall–Kier alpha value is -2.57. The van der Waals surface area contributed by atoms with Crippen LogP contribution in [0.4, 0.5) is 5.82 Å². The van der Waals surface area contributed by atoms with Crippen LogP contribution in [0, 0.1) is 23.8 Å². The molecule has 2 aliphatic rings. The summed E-state index contributed by atoms with van der Waals surface area (Å²) < 4.78 is 0.751. The standard InChI is InChI=1S/C18H14BrN5/c1-21-17-14(12-7-3-6-11(8-20)15(12)19)13-9-22-24-18(13)23-16(17)10-4-2-5-10/h3,6-7,9-10,14H,2,4-5H2,(H2,22,23,24). The van der Waals surface area contributed by atoms with Gasteiger partial charge in [-0.2, -0.15) is 10.4 Å². The summed E-state index contributed by atoms with van der Waals surface area (Å²) in [7, 11) is 0. The van der Waals surface area contributed by atoms with Crippen LogP contribution < -0.4 is 5.32 Å². The molecule has 1 saturated carbocycles. The van der Waals surface area contributed by atoms with Crippen LogP contribution in [0.15, 0.2) is 40.3 Å². The third-order valence-corrected chi connectivity index (χ3v) is 5.77. The van der Waals surface area contributed by atoms with E-state index in [0.717, 1.165) is 40.0 Å². The fourth-order valence-corrected chi connectivity index (χ4v) is 4.00. The van der Waals surface area contributed by atoms with E-state index in [9.17, 15) is 5.26 Å². The molecule has 1 fully saturated rings. The lowest BCUT2D eigenvalue weighted by atomic mass is 9.77. The molecule has 1 aromatic heterocycles. The Bertz CT molecular complexity index is 924.